The van der Waals surface area contributed by atoms with Crippen molar-refractivity contribution in [2.24, 2.45) is 0 Å². The Kier molecular flexibility index (Phi) is 8.31. The Hall–Kier alpha value is -2.49. The van der Waals surface area contributed by atoms with Gasteiger partial charge in [-0.1, -0.05) is 0 Å². The van der Waals surface area contributed by atoms with Gasteiger partial charge in [-0.25, -0.2) is 0 Å². The molecule has 2 aromatic rings. The summed E-state index contributed by atoms with van der Waals surface area (Å²) >= 11 is 0. The summed E-state index contributed by atoms with van der Waals surface area (Å²) in [6, 6.07) is 0. The molecule has 1 N–H and O–H groups in total. The fourth-order valence-electron chi connectivity index (χ4n) is 3.77. The lowest BCUT2D eigenvalue weighted by molar-refractivity contribution is -0.136. The van der Waals surface area contributed by atoms with Crippen molar-refractivity contribution in [1.29, 1.82) is 0 Å². The largest absolute Gasteiger partial charge is 0.496 e. The van der Waals surface area contributed by atoms with E-state index in [0.29, 0.717) is 5.75 Å². The molecule has 2 rings (SSSR count). The first-order valence-electron chi connectivity index (χ1n) is 9.86. The van der Waals surface area contributed by atoms with Crippen LogP contribution < -0.4 is 9.47 Å². The Balaban J connectivity index is 0.000000296. The first-order chi connectivity index (χ1) is 13.4. The Morgan fingerprint density at radius 1 is 0.586 bits per heavy atom. The maximum atomic E-state index is 10.8. The van der Waals surface area contributed by atoms with Crippen LogP contribution in [0, 0.1) is 62.3 Å². The average Bonchev–Trinajstić information content (AvgIpc) is 2.68. The van der Waals surface area contributed by atoms with E-state index < -0.39 is 5.97 Å². The minimum atomic E-state index is -0.830. The van der Waals surface area contributed by atoms with E-state index in [-0.39, 0.29) is 6.42 Å². The number of carboxylic acid groups (broad SMARTS) is 1. The number of benzene rings is 2. The summed E-state index contributed by atoms with van der Waals surface area (Å²) < 4.78 is 10.7. The minimum Gasteiger partial charge on any atom is -0.496 e. The van der Waals surface area contributed by atoms with E-state index in [0.717, 1.165) is 28.0 Å². The van der Waals surface area contributed by atoms with Crippen LogP contribution in [0.3, 0.4) is 0 Å². The van der Waals surface area contributed by atoms with Crippen molar-refractivity contribution in [2.45, 2.75) is 68.7 Å². The van der Waals surface area contributed by atoms with Gasteiger partial charge < -0.3 is 14.6 Å². The Morgan fingerprint density at radius 2 is 0.897 bits per heavy atom. The van der Waals surface area contributed by atoms with Crippen molar-refractivity contribution >= 4 is 5.97 Å². The molecule has 0 aliphatic carbocycles. The normalized spacial score (nSPS) is 10.3. The molecule has 0 saturated carbocycles. The van der Waals surface area contributed by atoms with Crippen molar-refractivity contribution in [2.75, 3.05) is 14.2 Å². The molecular weight excluding hydrogens is 364 g/mol. The summed E-state index contributed by atoms with van der Waals surface area (Å²) in [5, 5.41) is 8.91. The second-order valence-corrected chi connectivity index (χ2v) is 7.74. The summed E-state index contributed by atoms with van der Waals surface area (Å²) in [7, 11) is 3.32. The number of rotatable bonds is 4. The number of carboxylic acids is 1. The van der Waals surface area contributed by atoms with E-state index in [1.165, 1.54) is 33.4 Å². The summed E-state index contributed by atoms with van der Waals surface area (Å²) in [6.45, 7) is 18.7. The predicted molar refractivity (Wildman–Crippen MR) is 120 cm³/mol. The van der Waals surface area contributed by atoms with Gasteiger partial charge in [0.05, 0.1) is 20.6 Å². The third-order valence-electron chi connectivity index (χ3n) is 6.42. The van der Waals surface area contributed by atoms with Crippen LogP contribution in [-0.2, 0) is 11.2 Å². The molecule has 160 valence electrons. The molecule has 0 spiro atoms. The van der Waals surface area contributed by atoms with Crippen LogP contribution in [0.2, 0.25) is 0 Å². The van der Waals surface area contributed by atoms with E-state index >= 15 is 0 Å². The maximum absolute atomic E-state index is 10.8. The zero-order valence-corrected chi connectivity index (χ0v) is 19.9. The molecular formula is C25H36O4. The van der Waals surface area contributed by atoms with Crippen molar-refractivity contribution in [1.82, 2.24) is 0 Å². The summed E-state index contributed by atoms with van der Waals surface area (Å²) in [4.78, 5) is 10.8. The van der Waals surface area contributed by atoms with Gasteiger partial charge in [-0.3, -0.25) is 4.79 Å². The molecule has 0 bridgehead atoms. The fraction of sp³-hybridized carbons (Fsp3) is 0.480. The van der Waals surface area contributed by atoms with Crippen LogP contribution in [-0.4, -0.2) is 25.3 Å². The molecule has 0 amide bonds. The van der Waals surface area contributed by atoms with Crippen LogP contribution >= 0.6 is 0 Å². The molecule has 0 atom stereocenters. The molecule has 4 nitrogen and oxygen atoms in total. The number of carbonyl (C=O) groups is 1. The van der Waals surface area contributed by atoms with E-state index in [1.54, 1.807) is 14.2 Å². The van der Waals surface area contributed by atoms with Crippen molar-refractivity contribution in [3.63, 3.8) is 0 Å². The van der Waals surface area contributed by atoms with Gasteiger partial charge in [-0.2, -0.15) is 0 Å². The van der Waals surface area contributed by atoms with Crippen molar-refractivity contribution < 1.29 is 19.4 Å². The highest BCUT2D eigenvalue weighted by atomic mass is 16.5. The van der Waals surface area contributed by atoms with Gasteiger partial charge in [0.25, 0.3) is 0 Å². The summed E-state index contributed by atoms with van der Waals surface area (Å²) in [5.74, 6) is 0.924. The molecule has 0 heterocycles. The molecule has 0 radical (unpaired) electrons. The van der Waals surface area contributed by atoms with Crippen LogP contribution in [0.5, 0.6) is 11.5 Å². The number of aliphatic carboxylic acids is 1. The third kappa shape index (κ3) is 4.92. The van der Waals surface area contributed by atoms with Crippen molar-refractivity contribution in [3.05, 3.63) is 55.6 Å². The number of ether oxygens (including phenoxy) is 2. The van der Waals surface area contributed by atoms with Gasteiger partial charge in [0, 0.05) is 5.56 Å². The summed E-state index contributed by atoms with van der Waals surface area (Å²) in [6.07, 6.45) is 0.0109. The minimum absolute atomic E-state index is 0.0109. The van der Waals surface area contributed by atoms with E-state index in [2.05, 4.69) is 34.6 Å². The second-order valence-electron chi connectivity index (χ2n) is 7.74. The first-order valence-corrected chi connectivity index (χ1v) is 9.86. The zero-order valence-electron chi connectivity index (χ0n) is 19.9. The van der Waals surface area contributed by atoms with Gasteiger partial charge in [-0.05, 0) is 112 Å². The molecule has 29 heavy (non-hydrogen) atoms. The molecule has 0 aliphatic rings. The Morgan fingerprint density at radius 3 is 1.24 bits per heavy atom. The average molecular weight is 401 g/mol. The van der Waals surface area contributed by atoms with Gasteiger partial charge in [0.15, 0.2) is 0 Å². The molecule has 0 saturated heterocycles. The monoisotopic (exact) mass is 400 g/mol. The van der Waals surface area contributed by atoms with Crippen LogP contribution in [0.25, 0.3) is 0 Å². The lowest BCUT2D eigenvalue weighted by Crippen LogP contribution is -2.08. The highest BCUT2D eigenvalue weighted by molar-refractivity contribution is 5.73. The molecule has 0 aromatic heterocycles. The first kappa shape index (κ1) is 24.5. The van der Waals surface area contributed by atoms with Gasteiger partial charge in [0.2, 0.25) is 0 Å². The number of hydrogen-bond acceptors (Lipinski definition) is 3. The smallest absolute Gasteiger partial charge is 0.307 e. The standard InChI is InChI=1S/C13H18O3.C12H18O/c1-7-8(2)10(4)13(16-5)11(9(7)3)6-12(14)15;1-7-8(2)10(4)12(13-6)11(5)9(7)3/h6H2,1-5H3,(H,14,15);1-6H3. The molecule has 0 unspecified atom stereocenters. The SMILES string of the molecule is COc1c(C)c(C)c(C)c(C)c1C.COc1c(C)c(C)c(C)c(C)c1CC(=O)O. The lowest BCUT2D eigenvalue weighted by Gasteiger charge is -2.18. The highest BCUT2D eigenvalue weighted by Gasteiger charge is 2.17. The predicted octanol–water partition coefficient (Wildman–Crippen LogP) is 5.79. The maximum Gasteiger partial charge on any atom is 0.307 e. The number of methoxy groups -OCH3 is 2. The van der Waals surface area contributed by atoms with Crippen LogP contribution in [0.1, 0.15) is 55.6 Å². The van der Waals surface area contributed by atoms with E-state index in [4.69, 9.17) is 14.6 Å². The molecule has 0 fully saturated rings. The zero-order chi connectivity index (χ0) is 22.6. The Bertz CT molecular complexity index is 895. The molecule has 0 aliphatic heterocycles. The number of hydrogen-bond donors (Lipinski definition) is 1. The lowest BCUT2D eigenvalue weighted by atomic mass is 9.92. The van der Waals surface area contributed by atoms with Crippen LogP contribution in [0.4, 0.5) is 0 Å². The van der Waals surface area contributed by atoms with Gasteiger partial charge in [0.1, 0.15) is 11.5 Å². The topological polar surface area (TPSA) is 55.8 Å². The van der Waals surface area contributed by atoms with E-state index in [9.17, 15) is 4.79 Å². The van der Waals surface area contributed by atoms with E-state index in [1.807, 2.05) is 27.7 Å². The molecule has 4 heteroatoms. The second kappa shape index (κ2) is 9.82. The molecule has 2 aromatic carbocycles. The van der Waals surface area contributed by atoms with Gasteiger partial charge in [-0.15, -0.1) is 0 Å². The van der Waals surface area contributed by atoms with Crippen LogP contribution in [0.15, 0.2) is 0 Å². The van der Waals surface area contributed by atoms with Crippen molar-refractivity contribution in [3.8, 4) is 11.5 Å². The quantitative estimate of drug-likeness (QED) is 0.705. The summed E-state index contributed by atoms with van der Waals surface area (Å²) in [5.41, 5.74) is 11.8. The highest BCUT2D eigenvalue weighted by Crippen LogP contribution is 2.33. The van der Waals surface area contributed by atoms with Gasteiger partial charge >= 0.3 is 5.97 Å². The Labute approximate surface area is 175 Å². The fourth-order valence-corrected chi connectivity index (χ4v) is 3.77. The third-order valence-corrected chi connectivity index (χ3v) is 6.42.